The van der Waals surface area contributed by atoms with Gasteiger partial charge in [0.05, 0.1) is 30.9 Å². The molecule has 1 unspecified atom stereocenters. The zero-order chi connectivity index (χ0) is 13.7. The lowest BCUT2D eigenvalue weighted by molar-refractivity contribution is -0.143. The summed E-state index contributed by atoms with van der Waals surface area (Å²) in [4.78, 5) is 15.6. The second kappa shape index (κ2) is 6.15. The Labute approximate surface area is 112 Å². The maximum atomic E-state index is 11.5. The number of esters is 1. The van der Waals surface area contributed by atoms with Crippen LogP contribution in [-0.2, 0) is 16.1 Å². The molecule has 0 bridgehead atoms. The number of hydrogen-bond acceptors (Lipinski definition) is 4. The predicted octanol–water partition coefficient (Wildman–Crippen LogP) is 1.49. The second-order valence-corrected chi connectivity index (χ2v) is 4.14. The van der Waals surface area contributed by atoms with E-state index < -0.39 is 0 Å². The number of carbonyl (C=O) groups is 1. The molecule has 0 fully saturated rings. The van der Waals surface area contributed by atoms with E-state index in [2.05, 4.69) is 4.98 Å². The summed E-state index contributed by atoms with van der Waals surface area (Å²) in [7, 11) is 0. The van der Waals surface area contributed by atoms with Crippen molar-refractivity contribution in [2.24, 2.45) is 5.73 Å². The first-order valence-corrected chi connectivity index (χ1v) is 6.18. The fourth-order valence-corrected chi connectivity index (χ4v) is 1.90. The minimum atomic E-state index is -0.307. The van der Waals surface area contributed by atoms with Crippen LogP contribution in [0.15, 0.2) is 42.9 Å². The van der Waals surface area contributed by atoms with E-state index in [0.717, 1.165) is 11.3 Å². The van der Waals surface area contributed by atoms with Gasteiger partial charge in [-0.25, -0.2) is 4.98 Å². The Hall–Kier alpha value is -2.14. The van der Waals surface area contributed by atoms with Gasteiger partial charge in [-0.1, -0.05) is 30.3 Å². The number of imidazole rings is 1. The Morgan fingerprint density at radius 1 is 1.42 bits per heavy atom. The Bertz CT molecular complexity index is 537. The van der Waals surface area contributed by atoms with Crippen LogP contribution in [0.2, 0.25) is 0 Å². The van der Waals surface area contributed by atoms with Crippen LogP contribution in [0.4, 0.5) is 0 Å². The van der Waals surface area contributed by atoms with Crippen LogP contribution in [0, 0.1) is 0 Å². The topological polar surface area (TPSA) is 70.1 Å². The lowest BCUT2D eigenvalue weighted by atomic mass is 10.1. The molecule has 0 amide bonds. The quantitative estimate of drug-likeness (QED) is 0.826. The first-order chi connectivity index (χ1) is 9.22. The Morgan fingerprint density at radius 2 is 2.16 bits per heavy atom. The monoisotopic (exact) mass is 259 g/mol. The molecule has 19 heavy (non-hydrogen) atoms. The summed E-state index contributed by atoms with van der Waals surface area (Å²) in [6.07, 6.45) is 3.27. The SMILES string of the molecule is CCOC(=O)Cn1cncc1C(N)c1ccccc1. The lowest BCUT2D eigenvalue weighted by Gasteiger charge is -2.14. The van der Waals surface area contributed by atoms with Crippen molar-refractivity contribution in [1.82, 2.24) is 9.55 Å². The van der Waals surface area contributed by atoms with Gasteiger partial charge in [0.2, 0.25) is 0 Å². The molecule has 2 N–H and O–H groups in total. The third-order valence-corrected chi connectivity index (χ3v) is 2.83. The first kappa shape index (κ1) is 13.3. The maximum absolute atomic E-state index is 11.5. The summed E-state index contributed by atoms with van der Waals surface area (Å²) in [5, 5.41) is 0. The highest BCUT2D eigenvalue weighted by Gasteiger charge is 2.15. The molecule has 100 valence electrons. The van der Waals surface area contributed by atoms with E-state index in [1.54, 1.807) is 24.0 Å². The molecule has 2 rings (SSSR count). The molecule has 5 heteroatoms. The minimum Gasteiger partial charge on any atom is -0.465 e. The summed E-state index contributed by atoms with van der Waals surface area (Å²) >= 11 is 0. The van der Waals surface area contributed by atoms with E-state index in [1.807, 2.05) is 30.3 Å². The minimum absolute atomic E-state index is 0.129. The van der Waals surface area contributed by atoms with Crippen molar-refractivity contribution in [3.8, 4) is 0 Å². The van der Waals surface area contributed by atoms with Gasteiger partial charge in [0.15, 0.2) is 0 Å². The summed E-state index contributed by atoms with van der Waals surface area (Å²) in [5.74, 6) is -0.290. The average Bonchev–Trinajstić information content (AvgIpc) is 2.87. The number of benzene rings is 1. The summed E-state index contributed by atoms with van der Waals surface area (Å²) in [6.45, 7) is 2.28. The molecule has 0 aliphatic rings. The van der Waals surface area contributed by atoms with Crippen LogP contribution >= 0.6 is 0 Å². The molecular weight excluding hydrogens is 242 g/mol. The standard InChI is InChI=1S/C14H17N3O2/c1-2-19-13(18)9-17-10-16-8-12(17)14(15)11-6-4-3-5-7-11/h3-8,10,14H,2,9,15H2,1H3. The third kappa shape index (κ3) is 3.20. The van der Waals surface area contributed by atoms with Crippen molar-refractivity contribution in [3.05, 3.63) is 54.1 Å². The van der Waals surface area contributed by atoms with E-state index >= 15 is 0 Å². The van der Waals surface area contributed by atoms with Gasteiger partial charge < -0.3 is 15.0 Å². The highest BCUT2D eigenvalue weighted by molar-refractivity contribution is 5.69. The number of ether oxygens (including phenoxy) is 1. The van der Waals surface area contributed by atoms with E-state index in [0.29, 0.717) is 6.61 Å². The summed E-state index contributed by atoms with van der Waals surface area (Å²) in [5.41, 5.74) is 7.97. The van der Waals surface area contributed by atoms with Gasteiger partial charge in [-0.3, -0.25) is 4.79 Å². The Morgan fingerprint density at radius 3 is 2.84 bits per heavy atom. The molecule has 0 spiro atoms. The van der Waals surface area contributed by atoms with Crippen LogP contribution in [0.25, 0.3) is 0 Å². The first-order valence-electron chi connectivity index (χ1n) is 6.18. The fraction of sp³-hybridized carbons (Fsp3) is 0.286. The lowest BCUT2D eigenvalue weighted by Crippen LogP contribution is -2.20. The molecule has 1 heterocycles. The number of hydrogen-bond donors (Lipinski definition) is 1. The maximum Gasteiger partial charge on any atom is 0.325 e. The number of aromatic nitrogens is 2. The zero-order valence-electron chi connectivity index (χ0n) is 10.8. The van der Waals surface area contributed by atoms with Gasteiger partial charge in [0, 0.05) is 0 Å². The molecule has 0 saturated heterocycles. The highest BCUT2D eigenvalue weighted by Crippen LogP contribution is 2.18. The molecule has 5 nitrogen and oxygen atoms in total. The molecular formula is C14H17N3O2. The van der Waals surface area contributed by atoms with Crippen molar-refractivity contribution in [2.45, 2.75) is 19.5 Å². The van der Waals surface area contributed by atoms with Gasteiger partial charge in [0.1, 0.15) is 6.54 Å². The second-order valence-electron chi connectivity index (χ2n) is 4.14. The van der Waals surface area contributed by atoms with Crippen molar-refractivity contribution in [3.63, 3.8) is 0 Å². The number of rotatable bonds is 5. The van der Waals surface area contributed by atoms with Crippen LogP contribution in [-0.4, -0.2) is 22.1 Å². The van der Waals surface area contributed by atoms with Crippen LogP contribution in [0.5, 0.6) is 0 Å². The van der Waals surface area contributed by atoms with Crippen molar-refractivity contribution in [1.29, 1.82) is 0 Å². The zero-order valence-corrected chi connectivity index (χ0v) is 10.8. The van der Waals surface area contributed by atoms with Gasteiger partial charge in [-0.15, -0.1) is 0 Å². The van der Waals surface area contributed by atoms with Gasteiger partial charge in [-0.05, 0) is 12.5 Å². The summed E-state index contributed by atoms with van der Waals surface area (Å²) < 4.78 is 6.65. The van der Waals surface area contributed by atoms with Crippen molar-refractivity contribution < 1.29 is 9.53 Å². The molecule has 2 aromatic rings. The number of nitrogens with two attached hydrogens (primary N) is 1. The van der Waals surface area contributed by atoms with Gasteiger partial charge >= 0.3 is 5.97 Å². The molecule has 1 aromatic heterocycles. The average molecular weight is 259 g/mol. The predicted molar refractivity (Wildman–Crippen MR) is 71.3 cm³/mol. The smallest absolute Gasteiger partial charge is 0.325 e. The molecule has 1 aromatic carbocycles. The molecule has 0 aliphatic carbocycles. The summed E-state index contributed by atoms with van der Waals surface area (Å²) in [6, 6.07) is 9.39. The Balaban J connectivity index is 2.17. The van der Waals surface area contributed by atoms with Gasteiger partial charge in [-0.2, -0.15) is 0 Å². The van der Waals surface area contributed by atoms with Crippen LogP contribution in [0.3, 0.4) is 0 Å². The van der Waals surface area contributed by atoms with Gasteiger partial charge in [0.25, 0.3) is 0 Å². The normalized spacial score (nSPS) is 12.1. The van der Waals surface area contributed by atoms with E-state index in [4.69, 9.17) is 10.5 Å². The van der Waals surface area contributed by atoms with E-state index in [1.165, 1.54) is 0 Å². The van der Waals surface area contributed by atoms with Crippen LogP contribution < -0.4 is 5.73 Å². The van der Waals surface area contributed by atoms with Crippen LogP contribution in [0.1, 0.15) is 24.2 Å². The molecule has 0 aliphatic heterocycles. The van der Waals surface area contributed by atoms with Crippen molar-refractivity contribution in [2.75, 3.05) is 6.61 Å². The van der Waals surface area contributed by atoms with E-state index in [9.17, 15) is 4.79 Å². The number of carbonyl (C=O) groups excluding carboxylic acids is 1. The molecule has 0 saturated carbocycles. The Kier molecular flexibility index (Phi) is 4.30. The van der Waals surface area contributed by atoms with E-state index in [-0.39, 0.29) is 18.6 Å². The molecule has 0 radical (unpaired) electrons. The highest BCUT2D eigenvalue weighted by atomic mass is 16.5. The third-order valence-electron chi connectivity index (χ3n) is 2.83. The molecule has 1 atom stereocenters. The fourth-order valence-electron chi connectivity index (χ4n) is 1.90. The van der Waals surface area contributed by atoms with Crippen molar-refractivity contribution >= 4 is 5.97 Å². The largest absolute Gasteiger partial charge is 0.465 e. The number of nitrogens with zero attached hydrogens (tertiary/aromatic N) is 2.